The fraction of sp³-hybridized carbons (Fsp3) is 0.0625. The third-order valence-electron chi connectivity index (χ3n) is 3.06. The van der Waals surface area contributed by atoms with Crippen molar-refractivity contribution in [1.29, 1.82) is 0 Å². The van der Waals surface area contributed by atoms with Gasteiger partial charge in [-0.05, 0) is 29.3 Å². The first kappa shape index (κ1) is 13.9. The Kier molecular flexibility index (Phi) is 4.08. The van der Waals surface area contributed by atoms with Gasteiger partial charge in [-0.15, -0.1) is 11.3 Å². The van der Waals surface area contributed by atoms with Gasteiger partial charge in [0.05, 0.1) is 21.7 Å². The molecule has 3 nitrogen and oxygen atoms in total. The van der Waals surface area contributed by atoms with Crippen molar-refractivity contribution in [3.63, 3.8) is 0 Å². The molecule has 106 valence electrons. The summed E-state index contributed by atoms with van der Waals surface area (Å²) in [6.07, 6.45) is 3.35. The highest BCUT2D eigenvalue weighted by atomic mass is 35.5. The molecular weight excluding hydrogens is 306 g/mol. The van der Waals surface area contributed by atoms with E-state index in [0.29, 0.717) is 15.8 Å². The SMILES string of the molecule is O=C(NCc1ccc(-c2ccoc2)cc1)c1ccc(Cl)s1. The first-order chi connectivity index (χ1) is 10.2. The van der Waals surface area contributed by atoms with Crippen LogP contribution in [-0.4, -0.2) is 5.91 Å². The van der Waals surface area contributed by atoms with Crippen LogP contribution in [0.1, 0.15) is 15.2 Å². The quantitative estimate of drug-likeness (QED) is 0.764. The summed E-state index contributed by atoms with van der Waals surface area (Å²) >= 11 is 7.09. The zero-order chi connectivity index (χ0) is 14.7. The van der Waals surface area contributed by atoms with Crippen molar-refractivity contribution in [2.75, 3.05) is 0 Å². The molecular formula is C16H12ClNO2S. The van der Waals surface area contributed by atoms with Gasteiger partial charge >= 0.3 is 0 Å². The Bertz CT molecular complexity index is 732. The predicted octanol–water partition coefficient (Wildman–Crippen LogP) is 4.59. The van der Waals surface area contributed by atoms with Gasteiger partial charge in [0.1, 0.15) is 0 Å². The number of furan rings is 1. The summed E-state index contributed by atoms with van der Waals surface area (Å²) in [5.74, 6) is -0.106. The molecule has 1 aromatic carbocycles. The van der Waals surface area contributed by atoms with Crippen LogP contribution >= 0.6 is 22.9 Å². The fourth-order valence-corrected chi connectivity index (χ4v) is 2.91. The smallest absolute Gasteiger partial charge is 0.261 e. The fourth-order valence-electron chi connectivity index (χ4n) is 1.95. The van der Waals surface area contributed by atoms with E-state index in [4.69, 9.17) is 16.0 Å². The molecule has 0 aliphatic carbocycles. The van der Waals surface area contributed by atoms with E-state index in [9.17, 15) is 4.79 Å². The first-order valence-electron chi connectivity index (χ1n) is 6.37. The van der Waals surface area contributed by atoms with E-state index < -0.39 is 0 Å². The maximum absolute atomic E-state index is 11.9. The number of hydrogen-bond donors (Lipinski definition) is 1. The highest BCUT2D eigenvalue weighted by Gasteiger charge is 2.08. The van der Waals surface area contributed by atoms with E-state index in [0.717, 1.165) is 16.7 Å². The summed E-state index contributed by atoms with van der Waals surface area (Å²) in [6.45, 7) is 0.486. The Morgan fingerprint density at radius 2 is 1.90 bits per heavy atom. The summed E-state index contributed by atoms with van der Waals surface area (Å²) in [4.78, 5) is 12.5. The summed E-state index contributed by atoms with van der Waals surface area (Å²) in [5, 5.41) is 2.88. The molecule has 0 aliphatic heterocycles. The van der Waals surface area contributed by atoms with Crippen molar-refractivity contribution in [1.82, 2.24) is 5.32 Å². The van der Waals surface area contributed by atoms with Crippen LogP contribution in [0.5, 0.6) is 0 Å². The van der Waals surface area contributed by atoms with Gasteiger partial charge in [0, 0.05) is 12.1 Å². The summed E-state index contributed by atoms with van der Waals surface area (Å²) < 4.78 is 5.68. The molecule has 5 heteroatoms. The van der Waals surface area contributed by atoms with Gasteiger partial charge in [0.15, 0.2) is 0 Å². The highest BCUT2D eigenvalue weighted by Crippen LogP contribution is 2.22. The lowest BCUT2D eigenvalue weighted by Gasteiger charge is -2.05. The van der Waals surface area contributed by atoms with Crippen LogP contribution in [0.3, 0.4) is 0 Å². The van der Waals surface area contributed by atoms with Gasteiger partial charge in [-0.3, -0.25) is 4.79 Å². The Morgan fingerprint density at radius 1 is 1.10 bits per heavy atom. The number of rotatable bonds is 4. The molecule has 0 aliphatic rings. The molecule has 0 radical (unpaired) electrons. The summed E-state index contributed by atoms with van der Waals surface area (Å²) in [5.41, 5.74) is 3.17. The minimum atomic E-state index is -0.106. The van der Waals surface area contributed by atoms with Crippen LogP contribution in [0.4, 0.5) is 0 Å². The normalized spacial score (nSPS) is 10.5. The third-order valence-corrected chi connectivity index (χ3v) is 4.29. The van der Waals surface area contributed by atoms with Crippen molar-refractivity contribution in [3.05, 3.63) is 69.8 Å². The molecule has 0 saturated heterocycles. The number of thiophene rings is 1. The van der Waals surface area contributed by atoms with Crippen molar-refractivity contribution >= 4 is 28.8 Å². The largest absolute Gasteiger partial charge is 0.472 e. The molecule has 0 saturated carbocycles. The zero-order valence-corrected chi connectivity index (χ0v) is 12.6. The average Bonchev–Trinajstić information content (AvgIpc) is 3.16. The summed E-state index contributed by atoms with van der Waals surface area (Å²) in [7, 11) is 0. The average molecular weight is 318 g/mol. The number of amides is 1. The van der Waals surface area contributed by atoms with E-state index in [1.807, 2.05) is 30.3 Å². The molecule has 3 rings (SSSR count). The minimum absolute atomic E-state index is 0.106. The van der Waals surface area contributed by atoms with Crippen molar-refractivity contribution < 1.29 is 9.21 Å². The van der Waals surface area contributed by atoms with E-state index in [1.54, 1.807) is 24.7 Å². The standard InChI is InChI=1S/C16H12ClNO2S/c17-15-6-5-14(21-15)16(19)18-9-11-1-3-12(4-2-11)13-7-8-20-10-13/h1-8,10H,9H2,(H,18,19). The lowest BCUT2D eigenvalue weighted by molar-refractivity contribution is 0.0955. The number of carbonyl (C=O) groups excluding carboxylic acids is 1. The molecule has 0 spiro atoms. The van der Waals surface area contributed by atoms with Crippen molar-refractivity contribution in [3.8, 4) is 11.1 Å². The lowest BCUT2D eigenvalue weighted by atomic mass is 10.1. The van der Waals surface area contributed by atoms with Gasteiger partial charge in [0.25, 0.3) is 5.91 Å². The maximum Gasteiger partial charge on any atom is 0.261 e. The second kappa shape index (κ2) is 6.16. The lowest BCUT2D eigenvalue weighted by Crippen LogP contribution is -2.21. The van der Waals surface area contributed by atoms with Gasteiger partial charge in [-0.2, -0.15) is 0 Å². The van der Waals surface area contributed by atoms with E-state index in [-0.39, 0.29) is 5.91 Å². The molecule has 0 unspecified atom stereocenters. The molecule has 2 aromatic heterocycles. The van der Waals surface area contributed by atoms with E-state index in [2.05, 4.69) is 5.32 Å². The molecule has 1 N–H and O–H groups in total. The van der Waals surface area contributed by atoms with Crippen LogP contribution in [0.2, 0.25) is 4.34 Å². The van der Waals surface area contributed by atoms with Gasteiger partial charge < -0.3 is 9.73 Å². The zero-order valence-electron chi connectivity index (χ0n) is 11.0. The van der Waals surface area contributed by atoms with Crippen molar-refractivity contribution in [2.24, 2.45) is 0 Å². The van der Waals surface area contributed by atoms with Gasteiger partial charge in [-0.1, -0.05) is 35.9 Å². The second-order valence-electron chi connectivity index (χ2n) is 4.50. The van der Waals surface area contributed by atoms with Crippen LogP contribution < -0.4 is 5.32 Å². The molecule has 0 bridgehead atoms. The topological polar surface area (TPSA) is 42.2 Å². The third kappa shape index (κ3) is 3.35. The Morgan fingerprint density at radius 3 is 2.52 bits per heavy atom. The molecule has 0 atom stereocenters. The Balaban J connectivity index is 1.62. The first-order valence-corrected chi connectivity index (χ1v) is 7.57. The van der Waals surface area contributed by atoms with E-state index >= 15 is 0 Å². The van der Waals surface area contributed by atoms with Crippen LogP contribution in [-0.2, 0) is 6.54 Å². The maximum atomic E-state index is 11.9. The van der Waals surface area contributed by atoms with Crippen LogP contribution in [0, 0.1) is 0 Å². The Hall–Kier alpha value is -2.04. The van der Waals surface area contributed by atoms with Crippen LogP contribution in [0.25, 0.3) is 11.1 Å². The number of nitrogens with one attached hydrogen (secondary N) is 1. The van der Waals surface area contributed by atoms with Crippen molar-refractivity contribution in [2.45, 2.75) is 6.54 Å². The molecule has 0 fully saturated rings. The summed E-state index contributed by atoms with van der Waals surface area (Å²) in [6, 6.07) is 13.4. The number of hydrogen-bond acceptors (Lipinski definition) is 3. The molecule has 2 heterocycles. The molecule has 21 heavy (non-hydrogen) atoms. The van der Waals surface area contributed by atoms with Gasteiger partial charge in [0.2, 0.25) is 0 Å². The van der Waals surface area contributed by atoms with Gasteiger partial charge in [-0.25, -0.2) is 0 Å². The second-order valence-corrected chi connectivity index (χ2v) is 6.21. The number of benzene rings is 1. The minimum Gasteiger partial charge on any atom is -0.472 e. The Labute approximate surface area is 131 Å². The predicted molar refractivity (Wildman–Crippen MR) is 84.6 cm³/mol. The number of halogens is 1. The molecule has 3 aromatic rings. The molecule has 1 amide bonds. The van der Waals surface area contributed by atoms with Crippen LogP contribution in [0.15, 0.2) is 59.4 Å². The number of carbonyl (C=O) groups is 1. The highest BCUT2D eigenvalue weighted by molar-refractivity contribution is 7.17. The van der Waals surface area contributed by atoms with E-state index in [1.165, 1.54) is 11.3 Å². The monoisotopic (exact) mass is 317 g/mol.